The predicted octanol–water partition coefficient (Wildman–Crippen LogP) is -4.14. The summed E-state index contributed by atoms with van der Waals surface area (Å²) in [6.45, 7) is 0. The van der Waals surface area contributed by atoms with Crippen molar-refractivity contribution in [3.63, 3.8) is 0 Å². The van der Waals surface area contributed by atoms with E-state index in [4.69, 9.17) is 0 Å². The van der Waals surface area contributed by atoms with Gasteiger partial charge in [-0.25, -0.2) is 0 Å². The van der Waals surface area contributed by atoms with Gasteiger partial charge in [0.15, 0.2) is 0 Å². The van der Waals surface area contributed by atoms with Crippen LogP contribution < -0.4 is 18.9 Å². The molecule has 0 aromatic rings. The molecule has 0 aliphatic carbocycles. The molecule has 0 N–H and O–H groups in total. The van der Waals surface area contributed by atoms with Crippen LogP contribution in [0.5, 0.6) is 0 Å². The van der Waals surface area contributed by atoms with E-state index in [1.165, 1.54) is 0 Å². The van der Waals surface area contributed by atoms with Crippen molar-refractivity contribution in [3.05, 3.63) is 0 Å². The quantitative estimate of drug-likeness (QED) is 0.343. The van der Waals surface area contributed by atoms with Crippen LogP contribution in [0.2, 0.25) is 0 Å². The monoisotopic (exact) mass is 195 g/mol. The maximum atomic E-state index is 2.85. The molecule has 0 nitrogen and oxygen atoms in total. The van der Waals surface area contributed by atoms with Crippen LogP contribution in [0.25, 0.3) is 0 Å². The van der Waals surface area contributed by atoms with Crippen molar-refractivity contribution in [1.82, 2.24) is 0 Å². The molecule has 0 aromatic heterocycles. The minimum absolute atomic E-state index is 0. The first kappa shape index (κ1) is 16.9. The van der Waals surface area contributed by atoms with Gasteiger partial charge in [0.1, 0.15) is 0 Å². The van der Waals surface area contributed by atoms with Crippen LogP contribution >= 0.6 is 0 Å². The molecule has 16 valence electrons. The Morgan fingerprint density at radius 1 is 1.25 bits per heavy atom. The third-order valence-electron chi connectivity index (χ3n) is 0. The SMILES string of the molecule is [Li+].[Se-2].[Si+2]=[Se]. The number of rotatable bonds is 0. The molecule has 0 aromatic carbocycles. The zero-order chi connectivity index (χ0) is 2.00. The second kappa shape index (κ2) is 21.0. The normalized spacial score (nSPS) is 1.50. The van der Waals surface area contributed by atoms with Crippen LogP contribution in [0.4, 0.5) is 0 Å². The molecule has 0 rings (SSSR count). The molecular formula is LiSe2Si+. The summed E-state index contributed by atoms with van der Waals surface area (Å²) in [5.74, 6) is 0. The second-order valence-electron chi connectivity index (χ2n) is 0. The second-order valence-corrected chi connectivity index (χ2v) is 0. The number of hydrogen-bond acceptors (Lipinski definition) is 0. The molecule has 0 radical (unpaired) electrons. The molecule has 0 atom stereocenters. The molecule has 0 fully saturated rings. The van der Waals surface area contributed by atoms with E-state index >= 15 is 0 Å². The number of hydrogen-bond donors (Lipinski definition) is 0. The summed E-state index contributed by atoms with van der Waals surface area (Å²) in [7, 11) is 2.85. The van der Waals surface area contributed by atoms with Gasteiger partial charge in [0.2, 0.25) is 0 Å². The molecule has 0 saturated heterocycles. The van der Waals surface area contributed by atoms with Crippen molar-refractivity contribution in [2.24, 2.45) is 0 Å². The first-order chi connectivity index (χ1) is 1.00. The summed E-state index contributed by atoms with van der Waals surface area (Å²) in [6.07, 6.45) is 0. The van der Waals surface area contributed by atoms with Crippen molar-refractivity contribution in [3.8, 4) is 0 Å². The van der Waals surface area contributed by atoms with Crippen molar-refractivity contribution in [2.75, 3.05) is 0 Å². The molecular weight excluding hydrogens is 193 g/mol. The van der Waals surface area contributed by atoms with Crippen molar-refractivity contribution < 1.29 is 18.9 Å². The molecule has 0 amide bonds. The van der Waals surface area contributed by atoms with Crippen molar-refractivity contribution >= 4 is 40.3 Å². The van der Waals surface area contributed by atoms with Gasteiger partial charge < -0.3 is 17.1 Å². The van der Waals surface area contributed by atoms with Gasteiger partial charge >= 0.3 is 42.1 Å². The summed E-state index contributed by atoms with van der Waals surface area (Å²) in [5, 5.41) is 0. The van der Waals surface area contributed by atoms with Crippen LogP contribution in [-0.2, 0) is 0 Å². The van der Waals surface area contributed by atoms with E-state index in [2.05, 4.69) is 23.3 Å². The van der Waals surface area contributed by atoms with Gasteiger partial charge in [-0.3, -0.25) is 0 Å². The Morgan fingerprint density at radius 2 is 1.25 bits per heavy atom. The summed E-state index contributed by atoms with van der Waals surface area (Å²) in [6, 6.07) is 0. The fourth-order valence-electron chi connectivity index (χ4n) is 0. The topological polar surface area (TPSA) is 0 Å². The van der Waals surface area contributed by atoms with E-state index in [0.717, 1.165) is 0 Å². The summed E-state index contributed by atoms with van der Waals surface area (Å²) >= 11 is 2.43. The first-order valence-corrected chi connectivity index (χ1v) is 3.18. The third kappa shape index (κ3) is 9.13. The summed E-state index contributed by atoms with van der Waals surface area (Å²) in [4.78, 5) is 0. The van der Waals surface area contributed by atoms with E-state index in [-0.39, 0.29) is 35.9 Å². The van der Waals surface area contributed by atoms with Gasteiger partial charge in [-0.1, -0.05) is 0 Å². The Kier molecular flexibility index (Phi) is 88.8. The summed E-state index contributed by atoms with van der Waals surface area (Å²) < 4.78 is 0. The van der Waals surface area contributed by atoms with Gasteiger partial charge in [-0.15, -0.1) is 0 Å². The van der Waals surface area contributed by atoms with Crippen LogP contribution in [0, 0.1) is 0 Å². The van der Waals surface area contributed by atoms with Crippen LogP contribution in [0.3, 0.4) is 0 Å². The molecule has 0 bridgehead atoms. The molecule has 0 aliphatic rings. The zero-order valence-corrected chi connectivity index (χ0v) is 6.74. The molecule has 0 unspecified atom stereocenters. The van der Waals surface area contributed by atoms with Crippen molar-refractivity contribution in [1.29, 1.82) is 0 Å². The standard InChI is InChI=1S/Li.SeSi.Se/c;1-2;/q+1;+2;-2. The molecule has 4 heteroatoms. The van der Waals surface area contributed by atoms with Crippen LogP contribution in [0.1, 0.15) is 0 Å². The van der Waals surface area contributed by atoms with Gasteiger partial charge in [0.25, 0.3) is 0 Å². The van der Waals surface area contributed by atoms with E-state index < -0.39 is 0 Å². The van der Waals surface area contributed by atoms with E-state index in [0.29, 0.717) is 0 Å². The maximum absolute atomic E-state index is 2.85. The predicted molar refractivity (Wildman–Crippen MR) is 17.3 cm³/mol. The van der Waals surface area contributed by atoms with E-state index in [9.17, 15) is 0 Å². The van der Waals surface area contributed by atoms with Crippen LogP contribution in [0.15, 0.2) is 0 Å². The average molecular weight is 193 g/mol. The molecule has 0 spiro atoms. The van der Waals surface area contributed by atoms with Crippen molar-refractivity contribution in [2.45, 2.75) is 0 Å². The van der Waals surface area contributed by atoms with E-state index in [1.54, 1.807) is 0 Å². The Labute approximate surface area is 58.9 Å². The first-order valence-electron chi connectivity index (χ1n) is 0.204. The Morgan fingerprint density at radius 3 is 1.25 bits per heavy atom. The fraction of sp³-hybridized carbons (Fsp3) is 0. The van der Waals surface area contributed by atoms with E-state index in [1.807, 2.05) is 0 Å². The Balaban J connectivity index is -0.00000000500. The van der Waals surface area contributed by atoms with Crippen LogP contribution in [-0.4, -0.2) is 40.3 Å². The van der Waals surface area contributed by atoms with Gasteiger partial charge in [-0.05, 0) is 0 Å². The van der Waals surface area contributed by atoms with Gasteiger partial charge in [-0.2, -0.15) is 0 Å². The average Bonchev–Trinajstić information content (AvgIpc) is 1.00. The fourth-order valence-corrected chi connectivity index (χ4v) is 0. The third-order valence-corrected chi connectivity index (χ3v) is 0. The Hall–Kier alpha value is 1.85. The molecule has 4 heavy (non-hydrogen) atoms. The molecule has 0 heterocycles. The minimum atomic E-state index is 0. The summed E-state index contributed by atoms with van der Waals surface area (Å²) in [5.41, 5.74) is 0. The van der Waals surface area contributed by atoms with Gasteiger partial charge in [0.05, 0.1) is 0 Å². The molecule has 0 saturated carbocycles. The Bertz CT molecular complexity index is 6.00. The molecule has 0 aliphatic heterocycles. The zero-order valence-electron chi connectivity index (χ0n) is 2.32. The van der Waals surface area contributed by atoms with Gasteiger partial charge in [0, 0.05) is 0 Å².